The predicted molar refractivity (Wildman–Crippen MR) is 133 cm³/mol. The molecule has 1 aromatic heterocycles. The first-order valence-corrected chi connectivity index (χ1v) is 11.3. The molecule has 170 valence electrons. The van der Waals surface area contributed by atoms with E-state index >= 15 is 0 Å². The molecule has 3 aromatic carbocycles. The zero-order valence-corrected chi connectivity index (χ0v) is 19.6. The molecular formula is C27H23ClN4O2. The minimum absolute atomic E-state index is 0.118. The summed E-state index contributed by atoms with van der Waals surface area (Å²) in [5.41, 5.74) is 5.33. The van der Waals surface area contributed by atoms with Gasteiger partial charge >= 0.3 is 0 Å². The molecule has 1 amide bonds. The summed E-state index contributed by atoms with van der Waals surface area (Å²) >= 11 is 6.24. The second-order valence-corrected chi connectivity index (χ2v) is 8.52. The van der Waals surface area contributed by atoms with Crippen LogP contribution >= 0.6 is 11.6 Å². The van der Waals surface area contributed by atoms with Crippen LogP contribution in [0.1, 0.15) is 30.5 Å². The van der Waals surface area contributed by atoms with Crippen LogP contribution in [0.2, 0.25) is 5.02 Å². The van der Waals surface area contributed by atoms with Gasteiger partial charge in [0, 0.05) is 35.7 Å². The molecule has 34 heavy (non-hydrogen) atoms. The number of methoxy groups -OCH3 is 1. The van der Waals surface area contributed by atoms with Gasteiger partial charge in [0.05, 0.1) is 30.2 Å². The average molecular weight is 471 g/mol. The fourth-order valence-electron chi connectivity index (χ4n) is 4.20. The standard InChI is InChI=1S/C27H23ClN4O2/c1-18(33)32-26(16-25(29-32)19-7-4-3-5-8-19)24-17-31(22-10-6-9-21(28)15-22)30-27(24)20-11-13-23(34-2)14-12-20/h3-15,17,26H,16H2,1-2H3. The van der Waals surface area contributed by atoms with Gasteiger partial charge in [0.25, 0.3) is 0 Å². The third kappa shape index (κ3) is 4.20. The molecule has 6 nitrogen and oxygen atoms in total. The SMILES string of the molecule is COc1ccc(-c2nn(-c3cccc(Cl)c3)cc2C2CC(c3ccccc3)=NN2C(C)=O)cc1. The Hall–Kier alpha value is -3.90. The number of hydrogen-bond donors (Lipinski definition) is 0. The number of halogens is 1. The molecule has 7 heteroatoms. The molecule has 1 unspecified atom stereocenters. The van der Waals surface area contributed by atoms with Crippen LogP contribution in [0.15, 0.2) is 90.2 Å². The van der Waals surface area contributed by atoms with Crippen molar-refractivity contribution in [1.29, 1.82) is 0 Å². The van der Waals surface area contributed by atoms with E-state index in [0.29, 0.717) is 11.4 Å². The molecule has 2 heterocycles. The zero-order valence-electron chi connectivity index (χ0n) is 18.9. The van der Waals surface area contributed by atoms with Gasteiger partial charge in [0.1, 0.15) is 5.75 Å². The summed E-state index contributed by atoms with van der Waals surface area (Å²) < 4.78 is 7.13. The number of carbonyl (C=O) groups is 1. The Kier molecular flexibility index (Phi) is 5.90. The highest BCUT2D eigenvalue weighted by molar-refractivity contribution is 6.30. The quantitative estimate of drug-likeness (QED) is 0.365. The van der Waals surface area contributed by atoms with Crippen LogP contribution < -0.4 is 4.74 Å². The lowest BCUT2D eigenvalue weighted by Gasteiger charge is -2.20. The Morgan fingerprint density at radius 1 is 1.00 bits per heavy atom. The molecule has 0 N–H and O–H groups in total. The van der Waals surface area contributed by atoms with Gasteiger partial charge < -0.3 is 4.74 Å². The lowest BCUT2D eigenvalue weighted by molar-refractivity contribution is -0.130. The number of ether oxygens (including phenoxy) is 1. The van der Waals surface area contributed by atoms with E-state index in [-0.39, 0.29) is 11.9 Å². The van der Waals surface area contributed by atoms with E-state index in [0.717, 1.165) is 39.5 Å². The Balaban J connectivity index is 1.62. The summed E-state index contributed by atoms with van der Waals surface area (Å²) in [6.07, 6.45) is 2.56. The molecular weight excluding hydrogens is 448 g/mol. The molecule has 0 bridgehead atoms. The van der Waals surface area contributed by atoms with Crippen molar-refractivity contribution in [3.8, 4) is 22.7 Å². The molecule has 4 aromatic rings. The van der Waals surface area contributed by atoms with Crippen molar-refractivity contribution < 1.29 is 9.53 Å². The van der Waals surface area contributed by atoms with Gasteiger partial charge in [-0.1, -0.05) is 48.0 Å². The number of aromatic nitrogens is 2. The maximum Gasteiger partial charge on any atom is 0.240 e. The van der Waals surface area contributed by atoms with Crippen molar-refractivity contribution in [2.24, 2.45) is 5.10 Å². The summed E-state index contributed by atoms with van der Waals surface area (Å²) in [5.74, 6) is 0.646. The second-order valence-electron chi connectivity index (χ2n) is 8.08. The number of amides is 1. The van der Waals surface area contributed by atoms with Crippen LogP contribution in [0.4, 0.5) is 0 Å². The Labute approximate surface area is 203 Å². The minimum Gasteiger partial charge on any atom is -0.497 e. The van der Waals surface area contributed by atoms with E-state index in [2.05, 4.69) is 0 Å². The van der Waals surface area contributed by atoms with E-state index < -0.39 is 0 Å². The van der Waals surface area contributed by atoms with Crippen LogP contribution in [0, 0.1) is 0 Å². The Morgan fingerprint density at radius 2 is 1.76 bits per heavy atom. The first-order chi connectivity index (χ1) is 16.5. The van der Waals surface area contributed by atoms with Crippen molar-refractivity contribution in [3.63, 3.8) is 0 Å². The third-order valence-electron chi connectivity index (χ3n) is 5.88. The van der Waals surface area contributed by atoms with Gasteiger partial charge in [0.15, 0.2) is 0 Å². The fourth-order valence-corrected chi connectivity index (χ4v) is 4.39. The number of hydrazone groups is 1. The first kappa shape index (κ1) is 21.9. The highest BCUT2D eigenvalue weighted by atomic mass is 35.5. The molecule has 0 radical (unpaired) electrons. The van der Waals surface area contributed by atoms with E-state index in [4.69, 9.17) is 26.5 Å². The van der Waals surface area contributed by atoms with Gasteiger partial charge in [-0.2, -0.15) is 10.2 Å². The van der Waals surface area contributed by atoms with E-state index in [9.17, 15) is 4.79 Å². The van der Waals surface area contributed by atoms with Crippen LogP contribution in [0.3, 0.4) is 0 Å². The predicted octanol–water partition coefficient (Wildman–Crippen LogP) is 5.90. The Bertz CT molecular complexity index is 1360. The summed E-state index contributed by atoms with van der Waals surface area (Å²) in [5, 5.41) is 11.8. The molecule has 1 aliphatic heterocycles. The van der Waals surface area contributed by atoms with Gasteiger partial charge in [-0.25, -0.2) is 9.69 Å². The maximum absolute atomic E-state index is 12.6. The van der Waals surface area contributed by atoms with Crippen molar-refractivity contribution >= 4 is 23.2 Å². The number of nitrogens with zero attached hydrogens (tertiary/aromatic N) is 4. The maximum atomic E-state index is 12.6. The molecule has 0 aliphatic carbocycles. The van der Waals surface area contributed by atoms with Crippen LogP contribution in [0.5, 0.6) is 5.75 Å². The topological polar surface area (TPSA) is 59.7 Å². The van der Waals surface area contributed by atoms with Crippen LogP contribution in [0.25, 0.3) is 16.9 Å². The number of rotatable bonds is 5. The van der Waals surface area contributed by atoms with Crippen molar-refractivity contribution in [3.05, 3.63) is 101 Å². The molecule has 5 rings (SSSR count). The largest absolute Gasteiger partial charge is 0.497 e. The summed E-state index contributed by atoms with van der Waals surface area (Å²) in [6.45, 7) is 1.54. The highest BCUT2D eigenvalue weighted by Gasteiger charge is 2.34. The minimum atomic E-state index is -0.280. The molecule has 0 spiro atoms. The summed E-state index contributed by atoms with van der Waals surface area (Å²) in [7, 11) is 1.64. The molecule has 1 atom stereocenters. The second kappa shape index (κ2) is 9.15. The smallest absolute Gasteiger partial charge is 0.240 e. The highest BCUT2D eigenvalue weighted by Crippen LogP contribution is 2.38. The number of carbonyl (C=O) groups excluding carboxylic acids is 1. The van der Waals surface area contributed by atoms with Gasteiger partial charge in [-0.3, -0.25) is 4.79 Å². The lowest BCUT2D eigenvalue weighted by atomic mass is 9.96. The first-order valence-electron chi connectivity index (χ1n) is 11.0. The van der Waals surface area contributed by atoms with Gasteiger partial charge in [-0.15, -0.1) is 0 Å². The van der Waals surface area contributed by atoms with Gasteiger partial charge in [0.2, 0.25) is 5.91 Å². The number of benzene rings is 3. The molecule has 1 aliphatic rings. The summed E-state index contributed by atoms with van der Waals surface area (Å²) in [6, 6.07) is 24.9. The summed E-state index contributed by atoms with van der Waals surface area (Å²) in [4.78, 5) is 12.6. The van der Waals surface area contributed by atoms with E-state index in [1.165, 1.54) is 0 Å². The van der Waals surface area contributed by atoms with E-state index in [1.807, 2.05) is 85.1 Å². The lowest BCUT2D eigenvalue weighted by Crippen LogP contribution is -2.24. The zero-order chi connectivity index (χ0) is 23.7. The third-order valence-corrected chi connectivity index (χ3v) is 6.11. The fraction of sp³-hybridized carbons (Fsp3) is 0.148. The van der Waals surface area contributed by atoms with Crippen LogP contribution in [-0.4, -0.2) is 33.5 Å². The van der Waals surface area contributed by atoms with Crippen LogP contribution in [-0.2, 0) is 4.79 Å². The normalized spacial score (nSPS) is 15.3. The average Bonchev–Trinajstić information content (AvgIpc) is 3.50. The number of hydrogen-bond acceptors (Lipinski definition) is 4. The molecule has 0 fully saturated rings. The van der Waals surface area contributed by atoms with Crippen molar-refractivity contribution in [2.45, 2.75) is 19.4 Å². The van der Waals surface area contributed by atoms with Crippen molar-refractivity contribution in [1.82, 2.24) is 14.8 Å². The Morgan fingerprint density at radius 3 is 2.44 bits per heavy atom. The molecule has 0 saturated heterocycles. The monoisotopic (exact) mass is 470 g/mol. The van der Waals surface area contributed by atoms with Crippen molar-refractivity contribution in [2.75, 3.05) is 7.11 Å². The van der Waals surface area contributed by atoms with E-state index in [1.54, 1.807) is 23.7 Å². The molecule has 0 saturated carbocycles. The van der Waals surface area contributed by atoms with Gasteiger partial charge in [-0.05, 0) is 48.0 Å².